The Hall–Kier alpha value is -3.15. The van der Waals surface area contributed by atoms with E-state index in [1.807, 2.05) is 36.4 Å². The normalized spacial score (nSPS) is 16.2. The molecule has 158 valence electrons. The Morgan fingerprint density at radius 1 is 0.867 bits per heavy atom. The van der Waals surface area contributed by atoms with Crippen LogP contribution in [-0.2, 0) is 4.79 Å². The fraction of sp³-hybridized carbons (Fsp3) is 0.375. The van der Waals surface area contributed by atoms with Gasteiger partial charge in [-0.15, -0.1) is 0 Å². The van der Waals surface area contributed by atoms with Crippen LogP contribution in [0.1, 0.15) is 37.4 Å². The van der Waals surface area contributed by atoms with E-state index in [0.29, 0.717) is 32.2 Å². The first kappa shape index (κ1) is 20.1. The summed E-state index contributed by atoms with van der Waals surface area (Å²) in [5.41, 5.74) is 1.88. The number of benzene rings is 2. The zero-order chi connectivity index (χ0) is 20.9. The van der Waals surface area contributed by atoms with Gasteiger partial charge in [-0.3, -0.25) is 4.79 Å². The Labute approximate surface area is 176 Å². The summed E-state index contributed by atoms with van der Waals surface area (Å²) in [6, 6.07) is 11.4. The number of rotatable bonds is 5. The lowest BCUT2D eigenvalue weighted by Crippen LogP contribution is -2.30. The summed E-state index contributed by atoms with van der Waals surface area (Å²) < 4.78 is 22.6. The topological polar surface area (TPSA) is 66.0 Å². The fourth-order valence-electron chi connectivity index (χ4n) is 3.55. The van der Waals surface area contributed by atoms with Crippen LogP contribution in [0.15, 0.2) is 42.5 Å². The number of amides is 1. The van der Waals surface area contributed by atoms with E-state index in [9.17, 15) is 4.79 Å². The highest BCUT2D eigenvalue weighted by molar-refractivity contribution is 5.92. The van der Waals surface area contributed by atoms with Crippen LogP contribution in [-0.4, -0.2) is 32.3 Å². The average Bonchev–Trinajstić information content (AvgIpc) is 3.00. The van der Waals surface area contributed by atoms with Gasteiger partial charge in [-0.1, -0.05) is 26.0 Å². The van der Waals surface area contributed by atoms with Crippen LogP contribution >= 0.6 is 0 Å². The van der Waals surface area contributed by atoms with E-state index in [1.165, 1.54) is 0 Å². The first-order chi connectivity index (χ1) is 14.6. The Morgan fingerprint density at radius 2 is 1.50 bits per heavy atom. The third-order valence-electron chi connectivity index (χ3n) is 5.09. The van der Waals surface area contributed by atoms with Gasteiger partial charge in [0.1, 0.15) is 13.2 Å². The second-order valence-corrected chi connectivity index (χ2v) is 7.72. The van der Waals surface area contributed by atoms with E-state index < -0.39 is 0 Å². The van der Waals surface area contributed by atoms with Crippen molar-refractivity contribution in [3.05, 3.63) is 53.6 Å². The summed E-state index contributed by atoms with van der Waals surface area (Å²) in [4.78, 5) is 12.6. The molecule has 0 saturated carbocycles. The highest BCUT2D eigenvalue weighted by atomic mass is 16.6. The summed E-state index contributed by atoms with van der Waals surface area (Å²) in [5, 5.41) is 3.10. The SMILES string of the molecule is CC(C)C(NC(=O)/C=C/c1ccc2c(c1)OCCCO2)c1ccc2c(c1)OCCO2. The Balaban J connectivity index is 1.45. The Bertz CT molecular complexity index is 937. The number of hydrogen-bond donors (Lipinski definition) is 1. The molecule has 2 aromatic rings. The van der Waals surface area contributed by atoms with Gasteiger partial charge in [-0.05, 0) is 47.4 Å². The zero-order valence-corrected chi connectivity index (χ0v) is 17.4. The molecule has 1 atom stereocenters. The van der Waals surface area contributed by atoms with Gasteiger partial charge in [0.25, 0.3) is 0 Å². The lowest BCUT2D eigenvalue weighted by Gasteiger charge is -2.25. The minimum atomic E-state index is -0.157. The van der Waals surface area contributed by atoms with E-state index in [-0.39, 0.29) is 17.9 Å². The first-order valence-electron chi connectivity index (χ1n) is 10.4. The lowest BCUT2D eigenvalue weighted by atomic mass is 9.95. The molecule has 1 unspecified atom stereocenters. The van der Waals surface area contributed by atoms with Gasteiger partial charge in [-0.2, -0.15) is 0 Å². The van der Waals surface area contributed by atoms with Gasteiger partial charge in [0.05, 0.1) is 19.3 Å². The molecular weight excluding hydrogens is 382 g/mol. The molecule has 0 aliphatic carbocycles. The lowest BCUT2D eigenvalue weighted by molar-refractivity contribution is -0.117. The molecule has 0 saturated heterocycles. The second-order valence-electron chi connectivity index (χ2n) is 7.72. The summed E-state index contributed by atoms with van der Waals surface area (Å²) in [5.74, 6) is 2.98. The summed E-state index contributed by atoms with van der Waals surface area (Å²) in [6.45, 7) is 6.53. The molecular formula is C24H27NO5. The van der Waals surface area contributed by atoms with Gasteiger partial charge in [-0.25, -0.2) is 0 Å². The van der Waals surface area contributed by atoms with Crippen molar-refractivity contribution in [2.24, 2.45) is 5.92 Å². The standard InChI is InChI=1S/C24H27NO5/c1-16(2)24(18-6-8-20-22(15-18)30-13-12-29-20)25-23(26)9-5-17-4-7-19-21(14-17)28-11-3-10-27-19/h4-9,14-16,24H,3,10-13H2,1-2H3,(H,25,26)/b9-5+. The molecule has 0 radical (unpaired) electrons. The molecule has 2 aliphatic rings. The maximum atomic E-state index is 12.6. The average molecular weight is 409 g/mol. The number of ether oxygens (including phenoxy) is 4. The number of fused-ring (bicyclic) bond motifs is 2. The molecule has 30 heavy (non-hydrogen) atoms. The van der Waals surface area contributed by atoms with Gasteiger partial charge >= 0.3 is 0 Å². The minimum Gasteiger partial charge on any atom is -0.490 e. The van der Waals surface area contributed by atoms with E-state index >= 15 is 0 Å². The fourth-order valence-corrected chi connectivity index (χ4v) is 3.55. The second kappa shape index (κ2) is 9.11. The van der Waals surface area contributed by atoms with Crippen LogP contribution in [0, 0.1) is 5.92 Å². The van der Waals surface area contributed by atoms with E-state index in [2.05, 4.69) is 19.2 Å². The third-order valence-corrected chi connectivity index (χ3v) is 5.09. The predicted octanol–water partition coefficient (Wildman–Crippen LogP) is 4.15. The van der Waals surface area contributed by atoms with E-state index in [0.717, 1.165) is 34.8 Å². The van der Waals surface area contributed by atoms with Crippen LogP contribution in [0.2, 0.25) is 0 Å². The van der Waals surface area contributed by atoms with Crippen LogP contribution in [0.3, 0.4) is 0 Å². The molecule has 6 heteroatoms. The van der Waals surface area contributed by atoms with Crippen molar-refractivity contribution < 1.29 is 23.7 Å². The number of nitrogens with one attached hydrogen (secondary N) is 1. The van der Waals surface area contributed by atoms with Crippen LogP contribution in [0.25, 0.3) is 6.08 Å². The van der Waals surface area contributed by atoms with E-state index in [1.54, 1.807) is 12.2 Å². The number of hydrogen-bond acceptors (Lipinski definition) is 5. The van der Waals surface area contributed by atoms with E-state index in [4.69, 9.17) is 18.9 Å². The quantitative estimate of drug-likeness (QED) is 0.752. The Morgan fingerprint density at radius 3 is 2.27 bits per heavy atom. The highest BCUT2D eigenvalue weighted by Gasteiger charge is 2.21. The first-order valence-corrected chi connectivity index (χ1v) is 10.4. The summed E-state index contributed by atoms with van der Waals surface area (Å²) in [7, 11) is 0. The molecule has 0 aromatic heterocycles. The molecule has 0 bridgehead atoms. The summed E-state index contributed by atoms with van der Waals surface area (Å²) in [6.07, 6.45) is 4.19. The maximum Gasteiger partial charge on any atom is 0.244 e. The predicted molar refractivity (Wildman–Crippen MR) is 114 cm³/mol. The monoisotopic (exact) mass is 409 g/mol. The van der Waals surface area contributed by atoms with Gasteiger partial charge in [0, 0.05) is 12.5 Å². The van der Waals surface area contributed by atoms with Crippen LogP contribution in [0.4, 0.5) is 0 Å². The number of carbonyl (C=O) groups excluding carboxylic acids is 1. The number of carbonyl (C=O) groups is 1. The highest BCUT2D eigenvalue weighted by Crippen LogP contribution is 2.34. The summed E-state index contributed by atoms with van der Waals surface area (Å²) >= 11 is 0. The molecule has 2 heterocycles. The molecule has 1 N–H and O–H groups in total. The molecule has 4 rings (SSSR count). The smallest absolute Gasteiger partial charge is 0.244 e. The van der Waals surface area contributed by atoms with Crippen molar-refractivity contribution in [3.63, 3.8) is 0 Å². The molecule has 6 nitrogen and oxygen atoms in total. The maximum absolute atomic E-state index is 12.6. The van der Waals surface area contributed by atoms with Crippen LogP contribution in [0.5, 0.6) is 23.0 Å². The van der Waals surface area contributed by atoms with Gasteiger partial charge in [0.2, 0.25) is 5.91 Å². The molecule has 2 aromatic carbocycles. The van der Waals surface area contributed by atoms with Crippen molar-refractivity contribution in [1.29, 1.82) is 0 Å². The third kappa shape index (κ3) is 4.70. The zero-order valence-electron chi connectivity index (χ0n) is 17.4. The van der Waals surface area contributed by atoms with Crippen molar-refractivity contribution in [2.45, 2.75) is 26.3 Å². The Kier molecular flexibility index (Phi) is 6.12. The van der Waals surface area contributed by atoms with Crippen molar-refractivity contribution in [1.82, 2.24) is 5.32 Å². The minimum absolute atomic E-state index is 0.137. The molecule has 0 spiro atoms. The van der Waals surface area contributed by atoms with Crippen molar-refractivity contribution in [3.8, 4) is 23.0 Å². The van der Waals surface area contributed by atoms with Crippen LogP contribution < -0.4 is 24.3 Å². The largest absolute Gasteiger partial charge is 0.490 e. The van der Waals surface area contributed by atoms with Crippen molar-refractivity contribution >= 4 is 12.0 Å². The molecule has 1 amide bonds. The molecule has 0 fully saturated rings. The van der Waals surface area contributed by atoms with Crippen molar-refractivity contribution in [2.75, 3.05) is 26.4 Å². The van der Waals surface area contributed by atoms with Gasteiger partial charge < -0.3 is 24.3 Å². The van der Waals surface area contributed by atoms with Gasteiger partial charge in [0.15, 0.2) is 23.0 Å². The molecule has 2 aliphatic heterocycles.